The Hall–Kier alpha value is -2.41. The number of nitrogens with zero attached hydrogens (tertiary/aromatic N) is 3. The summed E-state index contributed by atoms with van der Waals surface area (Å²) in [6.45, 7) is 5.65. The third kappa shape index (κ3) is 2.65. The standard InChI is InChI=1S/C17H20N4O2S/c1-4-5-15-19-16(18)14-10-12(3)21(17(14)20-15)24(22,23)13-8-6-11(2)7-9-13/h6-10H,4-5H2,1-3H3,(H2,18,19,20). The summed E-state index contributed by atoms with van der Waals surface area (Å²) in [5.74, 6) is 0.866. The van der Waals surface area contributed by atoms with Gasteiger partial charge in [-0.15, -0.1) is 0 Å². The van der Waals surface area contributed by atoms with Crippen LogP contribution in [0.1, 0.15) is 30.4 Å². The van der Waals surface area contributed by atoms with Gasteiger partial charge in [-0.3, -0.25) is 0 Å². The van der Waals surface area contributed by atoms with Crippen molar-refractivity contribution in [3.05, 3.63) is 47.4 Å². The van der Waals surface area contributed by atoms with Gasteiger partial charge in [-0.05, 0) is 38.5 Å². The summed E-state index contributed by atoms with van der Waals surface area (Å²) >= 11 is 0. The Morgan fingerprint density at radius 2 is 1.79 bits per heavy atom. The van der Waals surface area contributed by atoms with E-state index in [4.69, 9.17) is 5.73 Å². The number of aromatic nitrogens is 3. The minimum atomic E-state index is -3.75. The zero-order chi connectivity index (χ0) is 17.5. The van der Waals surface area contributed by atoms with E-state index in [1.165, 1.54) is 3.97 Å². The Bertz CT molecular complexity index is 1010. The fraction of sp³-hybridized carbons (Fsp3) is 0.294. The van der Waals surface area contributed by atoms with E-state index in [0.29, 0.717) is 34.8 Å². The third-order valence-electron chi connectivity index (χ3n) is 3.90. The first-order chi connectivity index (χ1) is 11.3. The Labute approximate surface area is 141 Å². The summed E-state index contributed by atoms with van der Waals surface area (Å²) in [7, 11) is -3.75. The van der Waals surface area contributed by atoms with Gasteiger partial charge in [0.1, 0.15) is 11.6 Å². The predicted molar refractivity (Wildman–Crippen MR) is 94.4 cm³/mol. The highest BCUT2D eigenvalue weighted by Crippen LogP contribution is 2.27. The SMILES string of the molecule is CCCc1nc(N)c2cc(C)n(S(=O)(=O)c3ccc(C)cc3)c2n1. The van der Waals surface area contributed by atoms with Gasteiger partial charge in [0.05, 0.1) is 10.3 Å². The second-order valence-corrected chi connectivity index (χ2v) is 7.67. The molecule has 0 aliphatic rings. The molecule has 0 aliphatic carbocycles. The summed E-state index contributed by atoms with van der Waals surface area (Å²) in [4.78, 5) is 8.94. The van der Waals surface area contributed by atoms with Crippen LogP contribution < -0.4 is 5.73 Å². The summed E-state index contributed by atoms with van der Waals surface area (Å²) in [5.41, 5.74) is 7.90. The maximum absolute atomic E-state index is 13.1. The molecule has 6 nitrogen and oxygen atoms in total. The molecule has 3 aromatic rings. The molecule has 0 saturated heterocycles. The van der Waals surface area contributed by atoms with Gasteiger partial charge in [0.25, 0.3) is 10.0 Å². The number of hydrogen-bond donors (Lipinski definition) is 1. The van der Waals surface area contributed by atoms with Crippen molar-refractivity contribution in [3.63, 3.8) is 0 Å². The number of nitrogen functional groups attached to an aromatic ring is 1. The van der Waals surface area contributed by atoms with E-state index < -0.39 is 10.0 Å². The first kappa shape index (κ1) is 16.4. The maximum atomic E-state index is 13.1. The fourth-order valence-electron chi connectivity index (χ4n) is 2.70. The zero-order valence-corrected chi connectivity index (χ0v) is 14.8. The molecule has 0 fully saturated rings. The molecule has 0 unspecified atom stereocenters. The van der Waals surface area contributed by atoms with Gasteiger partial charge in [0.15, 0.2) is 5.65 Å². The number of anilines is 1. The molecule has 126 valence electrons. The van der Waals surface area contributed by atoms with Crippen molar-refractivity contribution in [1.82, 2.24) is 13.9 Å². The Morgan fingerprint density at radius 3 is 2.42 bits per heavy atom. The Kier molecular flexibility index (Phi) is 4.04. The van der Waals surface area contributed by atoms with E-state index in [0.717, 1.165) is 12.0 Å². The number of aryl methyl sites for hydroxylation is 3. The number of nitrogens with two attached hydrogens (primary N) is 1. The molecule has 0 spiro atoms. The molecule has 0 radical (unpaired) electrons. The molecule has 0 aliphatic heterocycles. The third-order valence-corrected chi connectivity index (χ3v) is 5.71. The molecule has 3 rings (SSSR count). The molecule has 2 aromatic heterocycles. The van der Waals surface area contributed by atoms with Crippen LogP contribution in [0.4, 0.5) is 5.82 Å². The van der Waals surface area contributed by atoms with Crippen LogP contribution in [-0.4, -0.2) is 22.4 Å². The van der Waals surface area contributed by atoms with Crippen LogP contribution in [-0.2, 0) is 16.4 Å². The molecule has 2 heterocycles. The first-order valence-electron chi connectivity index (χ1n) is 7.81. The lowest BCUT2D eigenvalue weighted by atomic mass is 10.2. The normalized spacial score (nSPS) is 12.0. The highest BCUT2D eigenvalue weighted by molar-refractivity contribution is 7.90. The van der Waals surface area contributed by atoms with Crippen LogP contribution in [0.15, 0.2) is 35.2 Å². The molecule has 24 heavy (non-hydrogen) atoms. The van der Waals surface area contributed by atoms with Crippen molar-refractivity contribution in [2.24, 2.45) is 0 Å². The lowest BCUT2D eigenvalue weighted by molar-refractivity contribution is 0.587. The molecular weight excluding hydrogens is 324 g/mol. The molecule has 2 N–H and O–H groups in total. The molecule has 0 bridgehead atoms. The fourth-order valence-corrected chi connectivity index (χ4v) is 4.19. The lowest BCUT2D eigenvalue weighted by Crippen LogP contribution is -2.15. The van der Waals surface area contributed by atoms with Crippen LogP contribution in [0.3, 0.4) is 0 Å². The van der Waals surface area contributed by atoms with Gasteiger partial charge in [0.2, 0.25) is 0 Å². The average Bonchev–Trinajstić information content (AvgIpc) is 2.85. The predicted octanol–water partition coefficient (Wildman–Crippen LogP) is 2.82. The van der Waals surface area contributed by atoms with Crippen LogP contribution in [0.25, 0.3) is 11.0 Å². The van der Waals surface area contributed by atoms with Crippen LogP contribution >= 0.6 is 0 Å². The molecule has 0 atom stereocenters. The zero-order valence-electron chi connectivity index (χ0n) is 13.9. The van der Waals surface area contributed by atoms with Crippen molar-refractivity contribution in [2.45, 2.75) is 38.5 Å². The smallest absolute Gasteiger partial charge is 0.269 e. The molecule has 0 saturated carbocycles. The van der Waals surface area contributed by atoms with Gasteiger partial charge < -0.3 is 5.73 Å². The van der Waals surface area contributed by atoms with Crippen LogP contribution in [0.5, 0.6) is 0 Å². The van der Waals surface area contributed by atoms with Crippen molar-refractivity contribution in [3.8, 4) is 0 Å². The van der Waals surface area contributed by atoms with Crippen LogP contribution in [0.2, 0.25) is 0 Å². The monoisotopic (exact) mass is 344 g/mol. The second-order valence-electron chi connectivity index (χ2n) is 5.88. The molecule has 7 heteroatoms. The molecule has 1 aromatic carbocycles. The first-order valence-corrected chi connectivity index (χ1v) is 9.25. The number of fused-ring (bicyclic) bond motifs is 1. The number of benzene rings is 1. The number of rotatable bonds is 4. The van der Waals surface area contributed by atoms with E-state index in [2.05, 4.69) is 9.97 Å². The summed E-state index contributed by atoms with van der Waals surface area (Å²) < 4.78 is 27.4. The van der Waals surface area contributed by atoms with E-state index >= 15 is 0 Å². The maximum Gasteiger partial charge on any atom is 0.269 e. The molecular formula is C17H20N4O2S. The van der Waals surface area contributed by atoms with E-state index in [-0.39, 0.29) is 4.90 Å². The largest absolute Gasteiger partial charge is 0.383 e. The Balaban J connectivity index is 2.28. The lowest BCUT2D eigenvalue weighted by Gasteiger charge is -2.10. The summed E-state index contributed by atoms with van der Waals surface area (Å²) in [5, 5.41) is 0.558. The summed E-state index contributed by atoms with van der Waals surface area (Å²) in [6, 6.07) is 8.48. The quantitative estimate of drug-likeness (QED) is 0.786. The second kappa shape index (κ2) is 5.90. The van der Waals surface area contributed by atoms with Crippen molar-refractivity contribution >= 4 is 26.9 Å². The van der Waals surface area contributed by atoms with Gasteiger partial charge in [-0.25, -0.2) is 22.4 Å². The summed E-state index contributed by atoms with van der Waals surface area (Å²) in [6.07, 6.45) is 1.50. The minimum absolute atomic E-state index is 0.225. The van der Waals surface area contributed by atoms with Crippen LogP contribution in [0, 0.1) is 13.8 Å². The van der Waals surface area contributed by atoms with E-state index in [1.54, 1.807) is 37.3 Å². The van der Waals surface area contributed by atoms with E-state index in [9.17, 15) is 8.42 Å². The average molecular weight is 344 g/mol. The van der Waals surface area contributed by atoms with Crippen molar-refractivity contribution in [1.29, 1.82) is 0 Å². The molecule has 0 amide bonds. The number of hydrogen-bond acceptors (Lipinski definition) is 5. The van der Waals surface area contributed by atoms with Crippen molar-refractivity contribution in [2.75, 3.05) is 5.73 Å². The topological polar surface area (TPSA) is 90.9 Å². The van der Waals surface area contributed by atoms with E-state index in [1.807, 2.05) is 13.8 Å². The highest BCUT2D eigenvalue weighted by atomic mass is 32.2. The van der Waals surface area contributed by atoms with Gasteiger partial charge in [0, 0.05) is 12.1 Å². The van der Waals surface area contributed by atoms with Gasteiger partial charge in [-0.1, -0.05) is 24.6 Å². The van der Waals surface area contributed by atoms with Gasteiger partial charge in [-0.2, -0.15) is 0 Å². The van der Waals surface area contributed by atoms with Gasteiger partial charge >= 0.3 is 0 Å². The highest BCUT2D eigenvalue weighted by Gasteiger charge is 2.24. The Morgan fingerprint density at radius 1 is 1.12 bits per heavy atom. The van der Waals surface area contributed by atoms with Crippen molar-refractivity contribution < 1.29 is 8.42 Å². The minimum Gasteiger partial charge on any atom is -0.383 e.